The van der Waals surface area contributed by atoms with Gasteiger partial charge < -0.3 is 4.98 Å². The van der Waals surface area contributed by atoms with Crippen LogP contribution in [0.1, 0.15) is 5.56 Å². The van der Waals surface area contributed by atoms with Crippen LogP contribution in [0.5, 0.6) is 0 Å². The molecule has 0 radical (unpaired) electrons. The van der Waals surface area contributed by atoms with Crippen LogP contribution >= 0.6 is 23.4 Å². The number of H-pyrrole nitrogens is 1. The number of hydrogen-bond donors (Lipinski definition) is 1. The zero-order valence-electron chi connectivity index (χ0n) is 9.72. The van der Waals surface area contributed by atoms with Gasteiger partial charge in [-0.3, -0.25) is 0 Å². The Bertz CT molecular complexity index is 756. The van der Waals surface area contributed by atoms with Crippen LogP contribution in [0.2, 0.25) is 5.02 Å². The first-order chi connectivity index (χ1) is 9.28. The normalized spacial score (nSPS) is 10.5. The SMILES string of the molecule is N#Cc1ccnc(Sc2cc3ccccc3[nH]2)c1Cl. The summed E-state index contributed by atoms with van der Waals surface area (Å²) in [5.74, 6) is 0. The van der Waals surface area contributed by atoms with E-state index in [1.807, 2.05) is 30.3 Å². The van der Waals surface area contributed by atoms with Gasteiger partial charge in [-0.05, 0) is 18.2 Å². The summed E-state index contributed by atoms with van der Waals surface area (Å²) in [5, 5.41) is 12.1. The molecule has 0 saturated carbocycles. The second-order valence-electron chi connectivity index (χ2n) is 3.91. The number of aromatic amines is 1. The fourth-order valence-electron chi connectivity index (χ4n) is 1.79. The highest BCUT2D eigenvalue weighted by atomic mass is 35.5. The van der Waals surface area contributed by atoms with Gasteiger partial charge in [0.25, 0.3) is 0 Å². The Morgan fingerprint density at radius 2 is 2.11 bits per heavy atom. The predicted octanol–water partition coefficient (Wildman–Crippen LogP) is 4.24. The summed E-state index contributed by atoms with van der Waals surface area (Å²) >= 11 is 7.56. The zero-order valence-corrected chi connectivity index (χ0v) is 11.3. The van der Waals surface area contributed by atoms with Crippen LogP contribution in [0.3, 0.4) is 0 Å². The van der Waals surface area contributed by atoms with E-state index >= 15 is 0 Å². The van der Waals surface area contributed by atoms with Crippen molar-refractivity contribution in [3.8, 4) is 6.07 Å². The monoisotopic (exact) mass is 285 g/mol. The Balaban J connectivity index is 1.99. The lowest BCUT2D eigenvalue weighted by Crippen LogP contribution is -1.85. The molecule has 0 saturated heterocycles. The number of benzene rings is 1. The molecule has 5 heteroatoms. The molecule has 19 heavy (non-hydrogen) atoms. The van der Waals surface area contributed by atoms with Crippen LogP contribution in [0.4, 0.5) is 0 Å². The van der Waals surface area contributed by atoms with E-state index in [0.29, 0.717) is 15.6 Å². The van der Waals surface area contributed by atoms with Gasteiger partial charge in [-0.2, -0.15) is 5.26 Å². The molecule has 92 valence electrons. The van der Waals surface area contributed by atoms with Gasteiger partial charge >= 0.3 is 0 Å². The minimum Gasteiger partial charge on any atom is -0.349 e. The molecule has 1 N–H and O–H groups in total. The number of nitrogens with one attached hydrogen (secondary N) is 1. The van der Waals surface area contributed by atoms with Crippen molar-refractivity contribution in [1.82, 2.24) is 9.97 Å². The Morgan fingerprint density at radius 1 is 1.26 bits per heavy atom. The van der Waals surface area contributed by atoms with E-state index in [0.717, 1.165) is 15.9 Å². The van der Waals surface area contributed by atoms with Crippen molar-refractivity contribution in [2.24, 2.45) is 0 Å². The van der Waals surface area contributed by atoms with Crippen molar-refractivity contribution in [3.63, 3.8) is 0 Å². The van der Waals surface area contributed by atoms with Crippen molar-refractivity contribution in [1.29, 1.82) is 5.26 Å². The molecule has 0 bridgehead atoms. The molecular formula is C14H8ClN3S. The molecular weight excluding hydrogens is 278 g/mol. The molecule has 0 aliphatic carbocycles. The summed E-state index contributed by atoms with van der Waals surface area (Å²) in [5.41, 5.74) is 1.51. The molecule has 0 spiro atoms. The third kappa shape index (κ3) is 2.30. The molecule has 0 aliphatic rings. The van der Waals surface area contributed by atoms with Crippen molar-refractivity contribution >= 4 is 34.3 Å². The highest BCUT2D eigenvalue weighted by Crippen LogP contribution is 2.34. The van der Waals surface area contributed by atoms with Crippen LogP contribution in [0.25, 0.3) is 10.9 Å². The maximum atomic E-state index is 8.94. The van der Waals surface area contributed by atoms with Gasteiger partial charge in [0.1, 0.15) is 11.1 Å². The van der Waals surface area contributed by atoms with E-state index in [2.05, 4.69) is 16.0 Å². The molecule has 2 aromatic heterocycles. The molecule has 0 aliphatic heterocycles. The molecule has 3 aromatic rings. The molecule has 3 rings (SSSR count). The molecule has 2 heterocycles. The number of aromatic nitrogens is 2. The first-order valence-corrected chi connectivity index (χ1v) is 6.77. The summed E-state index contributed by atoms with van der Waals surface area (Å²) in [6.07, 6.45) is 1.59. The van der Waals surface area contributed by atoms with E-state index in [1.165, 1.54) is 11.8 Å². The van der Waals surface area contributed by atoms with Gasteiger partial charge in [-0.1, -0.05) is 41.6 Å². The van der Waals surface area contributed by atoms with Gasteiger partial charge in [0.2, 0.25) is 0 Å². The largest absolute Gasteiger partial charge is 0.349 e. The number of nitriles is 1. The highest BCUT2D eigenvalue weighted by Gasteiger charge is 2.10. The topological polar surface area (TPSA) is 52.5 Å². The summed E-state index contributed by atoms with van der Waals surface area (Å²) < 4.78 is 0. The fourth-order valence-corrected chi connectivity index (χ4v) is 2.93. The van der Waals surface area contributed by atoms with E-state index in [-0.39, 0.29) is 0 Å². The van der Waals surface area contributed by atoms with Gasteiger partial charge in [-0.15, -0.1) is 0 Å². The molecule has 0 fully saturated rings. The first-order valence-electron chi connectivity index (χ1n) is 5.58. The number of hydrogen-bond acceptors (Lipinski definition) is 3. The predicted molar refractivity (Wildman–Crippen MR) is 76.4 cm³/mol. The minimum absolute atomic E-state index is 0.397. The van der Waals surface area contributed by atoms with E-state index in [4.69, 9.17) is 16.9 Å². The van der Waals surface area contributed by atoms with E-state index in [1.54, 1.807) is 12.3 Å². The van der Waals surface area contributed by atoms with Crippen LogP contribution in [0, 0.1) is 11.3 Å². The van der Waals surface area contributed by atoms with Crippen molar-refractivity contribution in [2.75, 3.05) is 0 Å². The number of nitrogens with zero attached hydrogens (tertiary/aromatic N) is 2. The smallest absolute Gasteiger partial charge is 0.122 e. The fraction of sp³-hybridized carbons (Fsp3) is 0. The van der Waals surface area contributed by atoms with Gasteiger partial charge in [0, 0.05) is 17.1 Å². The number of para-hydroxylation sites is 1. The lowest BCUT2D eigenvalue weighted by molar-refractivity contribution is 1.11. The number of halogens is 1. The van der Waals surface area contributed by atoms with Crippen molar-refractivity contribution in [3.05, 3.63) is 53.2 Å². The lowest BCUT2D eigenvalue weighted by atomic mass is 10.3. The Morgan fingerprint density at radius 3 is 2.89 bits per heavy atom. The minimum atomic E-state index is 0.397. The zero-order chi connectivity index (χ0) is 13.2. The van der Waals surface area contributed by atoms with Gasteiger partial charge in [0.05, 0.1) is 15.6 Å². The standard InChI is InChI=1S/C14H8ClN3S/c15-13-10(8-16)5-6-17-14(13)19-12-7-9-3-1-2-4-11(9)18-12/h1-7,18H. The third-order valence-corrected chi connectivity index (χ3v) is 4.13. The summed E-state index contributed by atoms with van der Waals surface area (Å²) in [7, 11) is 0. The Kier molecular flexibility index (Phi) is 3.16. The third-order valence-electron chi connectivity index (χ3n) is 2.69. The number of fused-ring (bicyclic) bond motifs is 1. The van der Waals surface area contributed by atoms with E-state index in [9.17, 15) is 0 Å². The summed E-state index contributed by atoms with van der Waals surface area (Å²) in [6.45, 7) is 0. The van der Waals surface area contributed by atoms with Gasteiger partial charge in [-0.25, -0.2) is 4.98 Å². The van der Waals surface area contributed by atoms with Crippen LogP contribution in [-0.2, 0) is 0 Å². The van der Waals surface area contributed by atoms with Crippen molar-refractivity contribution in [2.45, 2.75) is 10.1 Å². The average molecular weight is 286 g/mol. The van der Waals surface area contributed by atoms with Crippen LogP contribution in [-0.4, -0.2) is 9.97 Å². The van der Waals surface area contributed by atoms with E-state index < -0.39 is 0 Å². The van der Waals surface area contributed by atoms with Crippen LogP contribution in [0.15, 0.2) is 52.6 Å². The maximum Gasteiger partial charge on any atom is 0.122 e. The second-order valence-corrected chi connectivity index (χ2v) is 5.32. The van der Waals surface area contributed by atoms with Crippen molar-refractivity contribution < 1.29 is 0 Å². The van der Waals surface area contributed by atoms with Gasteiger partial charge in [0.15, 0.2) is 0 Å². The molecule has 0 amide bonds. The molecule has 1 aromatic carbocycles. The summed E-state index contributed by atoms with van der Waals surface area (Å²) in [6, 6.07) is 13.7. The number of rotatable bonds is 2. The Labute approximate surface area is 119 Å². The average Bonchev–Trinajstić information content (AvgIpc) is 2.83. The highest BCUT2D eigenvalue weighted by molar-refractivity contribution is 7.99. The number of pyridine rings is 1. The molecule has 0 unspecified atom stereocenters. The quantitative estimate of drug-likeness (QED) is 0.766. The molecule has 3 nitrogen and oxygen atoms in total. The second kappa shape index (κ2) is 4.96. The van der Waals surface area contributed by atoms with Crippen LogP contribution < -0.4 is 0 Å². The Hall–Kier alpha value is -1.96. The molecule has 0 atom stereocenters. The summed E-state index contributed by atoms with van der Waals surface area (Å²) in [4.78, 5) is 7.50. The maximum absolute atomic E-state index is 8.94. The first kappa shape index (κ1) is 12.1. The lowest BCUT2D eigenvalue weighted by Gasteiger charge is -2.01.